The van der Waals surface area contributed by atoms with Gasteiger partial charge in [-0.1, -0.05) is 24.3 Å². The molecule has 0 spiro atoms. The van der Waals surface area contributed by atoms with Crippen LogP contribution in [0.1, 0.15) is 5.69 Å². The lowest BCUT2D eigenvalue weighted by Gasteiger charge is -2.36. The number of piperazine rings is 1. The first-order chi connectivity index (χ1) is 13.3. The number of aromatic nitrogens is 3. The Kier molecular flexibility index (Phi) is 4.62. The van der Waals surface area contributed by atoms with Crippen LogP contribution in [0, 0.1) is 11.3 Å². The molecular formula is C20H20N6O. The third-order valence-corrected chi connectivity index (χ3v) is 4.69. The molecule has 7 heteroatoms. The molecule has 1 aliphatic rings. The Hall–Kier alpha value is -3.53. The topological polar surface area (TPSA) is 70.2 Å². The minimum atomic E-state index is 0.355. The monoisotopic (exact) mass is 360 g/mol. The number of ether oxygens (including phenoxy) is 1. The Morgan fingerprint density at radius 3 is 2.30 bits per heavy atom. The highest BCUT2D eigenvalue weighted by molar-refractivity contribution is 5.55. The zero-order valence-corrected chi connectivity index (χ0v) is 15.1. The van der Waals surface area contributed by atoms with E-state index in [-0.39, 0.29) is 0 Å². The first kappa shape index (κ1) is 16.9. The van der Waals surface area contributed by atoms with Gasteiger partial charge in [-0.05, 0) is 24.3 Å². The summed E-state index contributed by atoms with van der Waals surface area (Å²) in [4.78, 5) is 5.97. The van der Waals surface area contributed by atoms with E-state index in [4.69, 9.17) is 4.74 Å². The molecule has 0 aliphatic carbocycles. The smallest absolute Gasteiger partial charge is 0.207 e. The van der Waals surface area contributed by atoms with Gasteiger partial charge >= 0.3 is 0 Å². The maximum absolute atomic E-state index is 9.48. The van der Waals surface area contributed by atoms with Gasteiger partial charge in [-0.3, -0.25) is 0 Å². The molecule has 2 aromatic carbocycles. The van der Waals surface area contributed by atoms with Gasteiger partial charge in [0, 0.05) is 37.9 Å². The van der Waals surface area contributed by atoms with E-state index in [0.29, 0.717) is 11.5 Å². The van der Waals surface area contributed by atoms with Crippen LogP contribution in [0.25, 0.3) is 5.69 Å². The maximum atomic E-state index is 9.48. The van der Waals surface area contributed by atoms with Crippen LogP contribution in [-0.4, -0.2) is 48.3 Å². The Balaban J connectivity index is 1.51. The molecule has 3 aromatic rings. The molecule has 1 fully saturated rings. The van der Waals surface area contributed by atoms with Crippen molar-refractivity contribution in [2.45, 2.75) is 0 Å². The van der Waals surface area contributed by atoms with E-state index in [1.807, 2.05) is 48.5 Å². The standard InChI is InChI=1S/C20H20N6O/c1-27-18-9-5-8-17(14-18)24-10-12-25(13-11-24)20-19(15-21)22-26(23-20)16-6-3-2-4-7-16/h2-9,14H,10-13H2,1H3. The number of rotatable bonds is 4. The molecule has 27 heavy (non-hydrogen) atoms. The Morgan fingerprint density at radius 2 is 1.59 bits per heavy atom. The zero-order chi connectivity index (χ0) is 18.6. The lowest BCUT2D eigenvalue weighted by Crippen LogP contribution is -2.47. The molecule has 1 aliphatic heterocycles. The van der Waals surface area contributed by atoms with Gasteiger partial charge in [0.1, 0.15) is 11.8 Å². The maximum Gasteiger partial charge on any atom is 0.207 e. The normalized spacial score (nSPS) is 14.1. The van der Waals surface area contributed by atoms with Crippen LogP contribution < -0.4 is 14.5 Å². The number of nitriles is 1. The van der Waals surface area contributed by atoms with Gasteiger partial charge < -0.3 is 14.5 Å². The summed E-state index contributed by atoms with van der Waals surface area (Å²) >= 11 is 0. The number of anilines is 2. The average Bonchev–Trinajstić information content (AvgIpc) is 3.19. The summed E-state index contributed by atoms with van der Waals surface area (Å²) in [5.74, 6) is 1.50. The summed E-state index contributed by atoms with van der Waals surface area (Å²) in [5.41, 5.74) is 2.34. The third kappa shape index (κ3) is 3.42. The molecule has 0 N–H and O–H groups in total. The minimum Gasteiger partial charge on any atom is -0.497 e. The van der Waals surface area contributed by atoms with Crippen molar-refractivity contribution in [3.8, 4) is 17.5 Å². The van der Waals surface area contributed by atoms with Gasteiger partial charge in [-0.2, -0.15) is 5.26 Å². The van der Waals surface area contributed by atoms with Crippen LogP contribution in [0.2, 0.25) is 0 Å². The van der Waals surface area contributed by atoms with Crippen LogP contribution in [0.5, 0.6) is 5.75 Å². The summed E-state index contributed by atoms with van der Waals surface area (Å²) in [6, 6.07) is 19.9. The fourth-order valence-corrected chi connectivity index (χ4v) is 3.24. The van der Waals surface area contributed by atoms with Crippen molar-refractivity contribution >= 4 is 11.5 Å². The van der Waals surface area contributed by atoms with E-state index in [9.17, 15) is 5.26 Å². The minimum absolute atomic E-state index is 0.355. The third-order valence-electron chi connectivity index (χ3n) is 4.69. The molecule has 136 valence electrons. The molecule has 0 saturated carbocycles. The first-order valence-electron chi connectivity index (χ1n) is 8.85. The second-order valence-corrected chi connectivity index (χ2v) is 6.28. The predicted molar refractivity (Wildman–Crippen MR) is 103 cm³/mol. The van der Waals surface area contributed by atoms with Crippen molar-refractivity contribution in [2.75, 3.05) is 43.1 Å². The van der Waals surface area contributed by atoms with Crippen molar-refractivity contribution in [1.82, 2.24) is 15.0 Å². The molecule has 0 radical (unpaired) electrons. The molecule has 0 unspecified atom stereocenters. The highest BCUT2D eigenvalue weighted by atomic mass is 16.5. The number of hydrogen-bond acceptors (Lipinski definition) is 6. The van der Waals surface area contributed by atoms with Crippen molar-refractivity contribution in [3.05, 3.63) is 60.3 Å². The fraction of sp³-hybridized carbons (Fsp3) is 0.250. The van der Waals surface area contributed by atoms with E-state index in [1.54, 1.807) is 7.11 Å². The van der Waals surface area contributed by atoms with E-state index in [0.717, 1.165) is 43.3 Å². The number of para-hydroxylation sites is 1. The van der Waals surface area contributed by atoms with E-state index >= 15 is 0 Å². The first-order valence-corrected chi connectivity index (χ1v) is 8.85. The van der Waals surface area contributed by atoms with Gasteiger partial charge in [-0.15, -0.1) is 15.0 Å². The molecule has 7 nitrogen and oxygen atoms in total. The summed E-state index contributed by atoms with van der Waals surface area (Å²) < 4.78 is 5.32. The van der Waals surface area contributed by atoms with Crippen molar-refractivity contribution < 1.29 is 4.74 Å². The van der Waals surface area contributed by atoms with Gasteiger partial charge in [0.25, 0.3) is 0 Å². The van der Waals surface area contributed by atoms with Crippen LogP contribution in [0.4, 0.5) is 11.5 Å². The number of methoxy groups -OCH3 is 1. The molecule has 1 aromatic heterocycles. The summed E-state index contributed by atoms with van der Waals surface area (Å²) in [6.45, 7) is 3.24. The van der Waals surface area contributed by atoms with Crippen molar-refractivity contribution in [2.24, 2.45) is 0 Å². The number of hydrogen-bond donors (Lipinski definition) is 0. The summed E-state index contributed by atoms with van der Waals surface area (Å²) in [7, 11) is 1.68. The molecule has 0 atom stereocenters. The van der Waals surface area contributed by atoms with Crippen molar-refractivity contribution in [3.63, 3.8) is 0 Å². The predicted octanol–water partition coefficient (Wildman–Crippen LogP) is 2.47. The lowest BCUT2D eigenvalue weighted by atomic mass is 10.2. The Labute approximate surface area is 158 Å². The fourth-order valence-electron chi connectivity index (χ4n) is 3.24. The van der Waals surface area contributed by atoms with Gasteiger partial charge in [0.2, 0.25) is 5.69 Å². The van der Waals surface area contributed by atoms with Crippen LogP contribution in [0.15, 0.2) is 54.6 Å². The van der Waals surface area contributed by atoms with E-state index < -0.39 is 0 Å². The molecule has 1 saturated heterocycles. The average molecular weight is 360 g/mol. The molecule has 0 amide bonds. The highest BCUT2D eigenvalue weighted by Crippen LogP contribution is 2.24. The van der Waals surface area contributed by atoms with Crippen molar-refractivity contribution in [1.29, 1.82) is 5.26 Å². The van der Waals surface area contributed by atoms with Crippen LogP contribution >= 0.6 is 0 Å². The summed E-state index contributed by atoms with van der Waals surface area (Å²) in [5, 5.41) is 18.4. The van der Waals surface area contributed by atoms with Gasteiger partial charge in [0.05, 0.1) is 12.8 Å². The quantitative estimate of drug-likeness (QED) is 0.712. The molecule has 2 heterocycles. The Bertz CT molecular complexity index is 954. The molecular weight excluding hydrogens is 340 g/mol. The largest absolute Gasteiger partial charge is 0.497 e. The Morgan fingerprint density at radius 1 is 0.889 bits per heavy atom. The van der Waals surface area contributed by atoms with Gasteiger partial charge in [-0.25, -0.2) is 0 Å². The molecule has 0 bridgehead atoms. The van der Waals surface area contributed by atoms with Crippen LogP contribution in [-0.2, 0) is 0 Å². The number of nitrogens with zero attached hydrogens (tertiary/aromatic N) is 6. The highest BCUT2D eigenvalue weighted by Gasteiger charge is 2.23. The second kappa shape index (κ2) is 7.38. The van der Waals surface area contributed by atoms with Gasteiger partial charge in [0.15, 0.2) is 5.82 Å². The molecule has 4 rings (SSSR count). The summed E-state index contributed by atoms with van der Waals surface area (Å²) in [6.07, 6.45) is 0. The van der Waals surface area contributed by atoms with E-state index in [1.165, 1.54) is 4.80 Å². The SMILES string of the molecule is COc1cccc(N2CCN(c3nn(-c4ccccc4)nc3C#N)CC2)c1. The second-order valence-electron chi connectivity index (χ2n) is 6.28. The van der Waals surface area contributed by atoms with E-state index in [2.05, 4.69) is 32.1 Å². The van der Waals surface area contributed by atoms with Crippen LogP contribution in [0.3, 0.4) is 0 Å². The lowest BCUT2D eigenvalue weighted by molar-refractivity contribution is 0.414. The number of benzene rings is 2. The zero-order valence-electron chi connectivity index (χ0n) is 15.1.